The number of fused-ring (bicyclic) bond motifs is 1. The van der Waals surface area contributed by atoms with Gasteiger partial charge in [0.15, 0.2) is 0 Å². The summed E-state index contributed by atoms with van der Waals surface area (Å²) in [5.41, 5.74) is 1.91. The van der Waals surface area contributed by atoms with E-state index < -0.39 is 10.0 Å². The first-order valence-corrected chi connectivity index (χ1v) is 12.3. The van der Waals surface area contributed by atoms with E-state index in [9.17, 15) is 18.5 Å². The van der Waals surface area contributed by atoms with E-state index >= 15 is 0 Å². The average molecular weight is 456 g/mol. The fraction of sp³-hybridized carbons (Fsp3) is 0.304. The highest BCUT2D eigenvalue weighted by Crippen LogP contribution is 2.39. The summed E-state index contributed by atoms with van der Waals surface area (Å²) in [7, 11) is -3.73. The number of rotatable bonds is 8. The largest absolute Gasteiger partial charge is 0.312 e. The van der Waals surface area contributed by atoms with Gasteiger partial charge in [-0.15, -0.1) is 24.5 Å². The molecular formula is C23H25N3O3S2. The zero-order chi connectivity index (χ0) is 22.6. The van der Waals surface area contributed by atoms with Crippen LogP contribution in [0.25, 0.3) is 0 Å². The van der Waals surface area contributed by atoms with Crippen LogP contribution in [0.5, 0.6) is 0 Å². The van der Waals surface area contributed by atoms with Crippen molar-refractivity contribution >= 4 is 32.3 Å². The number of sulfonamides is 1. The number of carbonyl (C=O) groups excluding carboxylic acids is 1. The summed E-state index contributed by atoms with van der Waals surface area (Å²) < 4.78 is 26.9. The smallest absolute Gasteiger partial charge is 0.256 e. The van der Waals surface area contributed by atoms with Gasteiger partial charge in [0.25, 0.3) is 5.91 Å². The fourth-order valence-corrected chi connectivity index (χ4v) is 6.36. The minimum atomic E-state index is -3.73. The number of hydrogen-bond donors (Lipinski definition) is 1. The molecule has 1 aliphatic rings. The third kappa shape index (κ3) is 4.79. The van der Waals surface area contributed by atoms with E-state index in [4.69, 9.17) is 0 Å². The molecule has 1 unspecified atom stereocenters. The number of carbonyl (C=O) groups is 1. The Morgan fingerprint density at radius 2 is 1.94 bits per heavy atom. The Kier molecular flexibility index (Phi) is 7.11. The van der Waals surface area contributed by atoms with Crippen molar-refractivity contribution in [3.8, 4) is 6.07 Å². The van der Waals surface area contributed by atoms with Crippen LogP contribution in [-0.4, -0.2) is 31.7 Å². The average Bonchev–Trinajstić information content (AvgIpc) is 3.09. The van der Waals surface area contributed by atoms with Crippen LogP contribution < -0.4 is 5.32 Å². The highest BCUT2D eigenvalue weighted by Gasteiger charge is 2.26. The molecular weight excluding hydrogens is 430 g/mol. The van der Waals surface area contributed by atoms with Crippen molar-refractivity contribution in [2.24, 2.45) is 5.92 Å². The number of benzene rings is 1. The maximum absolute atomic E-state index is 12.8. The van der Waals surface area contributed by atoms with Gasteiger partial charge in [-0.05, 0) is 55.0 Å². The number of amides is 1. The molecule has 6 nitrogen and oxygen atoms in total. The first-order chi connectivity index (χ1) is 14.8. The van der Waals surface area contributed by atoms with Gasteiger partial charge in [-0.25, -0.2) is 8.42 Å². The van der Waals surface area contributed by atoms with Gasteiger partial charge in [0.1, 0.15) is 11.1 Å². The highest BCUT2D eigenvalue weighted by atomic mass is 32.2. The Balaban J connectivity index is 1.81. The first kappa shape index (κ1) is 22.9. The summed E-state index contributed by atoms with van der Waals surface area (Å²) in [5, 5.41) is 13.0. The van der Waals surface area contributed by atoms with Crippen LogP contribution >= 0.6 is 11.3 Å². The van der Waals surface area contributed by atoms with E-state index in [0.29, 0.717) is 22.0 Å². The van der Waals surface area contributed by atoms with Crippen molar-refractivity contribution < 1.29 is 13.2 Å². The quantitative estimate of drug-likeness (QED) is 0.599. The summed E-state index contributed by atoms with van der Waals surface area (Å²) in [6, 6.07) is 8.01. The Labute approximate surface area is 187 Å². The molecule has 0 aliphatic heterocycles. The van der Waals surface area contributed by atoms with Crippen LogP contribution in [0.4, 0.5) is 5.00 Å². The second-order valence-electron chi connectivity index (χ2n) is 7.55. The van der Waals surface area contributed by atoms with E-state index in [-0.39, 0.29) is 23.9 Å². The van der Waals surface area contributed by atoms with Crippen LogP contribution in [0, 0.1) is 17.2 Å². The van der Waals surface area contributed by atoms with E-state index in [0.717, 1.165) is 29.7 Å². The fourth-order valence-electron chi connectivity index (χ4n) is 3.62. The topological polar surface area (TPSA) is 90.3 Å². The monoisotopic (exact) mass is 455 g/mol. The minimum absolute atomic E-state index is 0.0889. The maximum Gasteiger partial charge on any atom is 0.256 e. The molecule has 0 saturated heterocycles. The number of nitrogens with zero attached hydrogens (tertiary/aromatic N) is 2. The van der Waals surface area contributed by atoms with Gasteiger partial charge in [0.05, 0.1) is 10.5 Å². The summed E-state index contributed by atoms with van der Waals surface area (Å²) in [6.07, 6.45) is 5.83. The van der Waals surface area contributed by atoms with Crippen LogP contribution in [0.1, 0.15) is 39.7 Å². The van der Waals surface area contributed by atoms with Crippen molar-refractivity contribution in [3.63, 3.8) is 0 Å². The number of nitrogens with one attached hydrogen (secondary N) is 1. The predicted octanol–water partition coefficient (Wildman–Crippen LogP) is 4.36. The molecule has 0 spiro atoms. The molecule has 1 aliphatic carbocycles. The molecule has 1 heterocycles. The molecule has 0 saturated carbocycles. The molecule has 1 N–H and O–H groups in total. The van der Waals surface area contributed by atoms with E-state index in [1.807, 2.05) is 0 Å². The standard InChI is InChI=1S/C23H25N3O3S2/c1-4-12-26(13-5-2)31(28,29)18-9-7-17(8-10-18)22(27)25-23-20(15-24)19-11-6-16(3)14-21(19)30-23/h4-5,7-10,16H,1-2,6,11-14H2,3H3,(H,25,27). The summed E-state index contributed by atoms with van der Waals surface area (Å²) in [6.45, 7) is 9.70. The first-order valence-electron chi connectivity index (χ1n) is 9.99. The van der Waals surface area contributed by atoms with Crippen molar-refractivity contribution in [2.45, 2.75) is 31.1 Å². The lowest BCUT2D eigenvalue weighted by Crippen LogP contribution is -2.31. The molecule has 0 bridgehead atoms. The van der Waals surface area contributed by atoms with Crippen LogP contribution in [0.15, 0.2) is 54.5 Å². The Morgan fingerprint density at radius 1 is 1.29 bits per heavy atom. The van der Waals surface area contributed by atoms with Gasteiger partial charge in [-0.1, -0.05) is 19.1 Å². The number of hydrogen-bond acceptors (Lipinski definition) is 5. The van der Waals surface area contributed by atoms with Crippen molar-refractivity contribution in [1.29, 1.82) is 5.26 Å². The molecule has 1 aromatic carbocycles. The van der Waals surface area contributed by atoms with Crippen molar-refractivity contribution in [1.82, 2.24) is 4.31 Å². The summed E-state index contributed by atoms with van der Waals surface area (Å²) in [4.78, 5) is 14.0. The van der Waals surface area contributed by atoms with Crippen LogP contribution in [0.2, 0.25) is 0 Å². The highest BCUT2D eigenvalue weighted by molar-refractivity contribution is 7.89. The SMILES string of the molecule is C=CCN(CC=C)S(=O)(=O)c1ccc(C(=O)Nc2sc3c(c2C#N)CCC(C)C3)cc1. The molecule has 8 heteroatoms. The van der Waals surface area contributed by atoms with Crippen LogP contribution in [-0.2, 0) is 22.9 Å². The van der Waals surface area contributed by atoms with Gasteiger partial charge in [-0.3, -0.25) is 4.79 Å². The zero-order valence-corrected chi connectivity index (χ0v) is 19.1. The van der Waals surface area contributed by atoms with E-state index in [1.165, 1.54) is 52.1 Å². The van der Waals surface area contributed by atoms with Crippen molar-refractivity contribution in [2.75, 3.05) is 18.4 Å². The lowest BCUT2D eigenvalue weighted by Gasteiger charge is -2.19. The third-order valence-electron chi connectivity index (χ3n) is 5.27. The van der Waals surface area contributed by atoms with E-state index in [1.54, 1.807) is 0 Å². The molecule has 162 valence electrons. The van der Waals surface area contributed by atoms with Crippen LogP contribution in [0.3, 0.4) is 0 Å². The molecule has 0 fully saturated rings. The number of thiophene rings is 1. The maximum atomic E-state index is 12.8. The third-order valence-corrected chi connectivity index (χ3v) is 8.29. The molecule has 2 aromatic rings. The summed E-state index contributed by atoms with van der Waals surface area (Å²) in [5.74, 6) is 0.193. The molecule has 1 amide bonds. The molecule has 3 rings (SSSR count). The Bertz CT molecular complexity index is 1130. The Hall–Kier alpha value is -2.73. The molecule has 31 heavy (non-hydrogen) atoms. The molecule has 1 aromatic heterocycles. The minimum Gasteiger partial charge on any atom is -0.312 e. The zero-order valence-electron chi connectivity index (χ0n) is 17.4. The van der Waals surface area contributed by atoms with Crippen molar-refractivity contribution in [3.05, 3.63) is 71.1 Å². The lowest BCUT2D eigenvalue weighted by molar-refractivity contribution is 0.102. The number of nitriles is 1. The number of anilines is 1. The normalized spacial score (nSPS) is 15.7. The second kappa shape index (κ2) is 9.60. The lowest BCUT2D eigenvalue weighted by atomic mass is 9.88. The van der Waals surface area contributed by atoms with Gasteiger partial charge in [-0.2, -0.15) is 9.57 Å². The second-order valence-corrected chi connectivity index (χ2v) is 10.6. The van der Waals surface area contributed by atoms with Gasteiger partial charge in [0, 0.05) is 23.5 Å². The van der Waals surface area contributed by atoms with Gasteiger partial charge in [0.2, 0.25) is 10.0 Å². The Morgan fingerprint density at radius 3 is 2.52 bits per heavy atom. The predicted molar refractivity (Wildman–Crippen MR) is 124 cm³/mol. The van der Waals surface area contributed by atoms with E-state index in [2.05, 4.69) is 31.5 Å². The van der Waals surface area contributed by atoms with Gasteiger partial charge < -0.3 is 5.32 Å². The summed E-state index contributed by atoms with van der Waals surface area (Å²) >= 11 is 1.46. The van der Waals surface area contributed by atoms with Gasteiger partial charge >= 0.3 is 0 Å². The molecule has 1 atom stereocenters. The molecule has 0 radical (unpaired) electrons.